The van der Waals surface area contributed by atoms with Crippen molar-refractivity contribution in [2.45, 2.75) is 34.1 Å². The maximum absolute atomic E-state index is 12.2. The zero-order chi connectivity index (χ0) is 16.8. The Hall–Kier alpha value is -2.29. The molecule has 3 nitrogen and oxygen atoms in total. The Morgan fingerprint density at radius 1 is 1.00 bits per heavy atom. The van der Waals surface area contributed by atoms with Crippen LogP contribution in [0.2, 0.25) is 0 Å². The Bertz CT molecular complexity index is 658. The smallest absolute Gasteiger partial charge is 0.228 e. The molecule has 0 fully saturated rings. The number of rotatable bonds is 6. The summed E-state index contributed by atoms with van der Waals surface area (Å²) in [6.45, 7) is 10.3. The first-order valence-electron chi connectivity index (χ1n) is 8.24. The highest BCUT2D eigenvalue weighted by Gasteiger charge is 2.08. The number of anilines is 2. The lowest BCUT2D eigenvalue weighted by Gasteiger charge is -2.22. The second kappa shape index (κ2) is 7.82. The average molecular weight is 310 g/mol. The van der Waals surface area contributed by atoms with Crippen molar-refractivity contribution in [3.63, 3.8) is 0 Å². The van der Waals surface area contributed by atoms with Crippen LogP contribution in [0, 0.1) is 13.8 Å². The third-order valence-electron chi connectivity index (χ3n) is 4.10. The fourth-order valence-electron chi connectivity index (χ4n) is 2.66. The molecule has 0 bridgehead atoms. The molecule has 0 aliphatic carbocycles. The maximum Gasteiger partial charge on any atom is 0.228 e. The Balaban J connectivity index is 2.04. The van der Waals surface area contributed by atoms with Gasteiger partial charge in [0.2, 0.25) is 5.91 Å². The van der Waals surface area contributed by atoms with Crippen LogP contribution in [0.3, 0.4) is 0 Å². The van der Waals surface area contributed by atoms with E-state index in [1.807, 2.05) is 44.2 Å². The molecule has 2 rings (SSSR count). The number of amides is 1. The molecule has 122 valence electrons. The Morgan fingerprint density at radius 3 is 2.22 bits per heavy atom. The van der Waals surface area contributed by atoms with Gasteiger partial charge in [-0.15, -0.1) is 0 Å². The van der Waals surface area contributed by atoms with E-state index < -0.39 is 0 Å². The minimum Gasteiger partial charge on any atom is -0.372 e. The third-order valence-corrected chi connectivity index (χ3v) is 4.10. The van der Waals surface area contributed by atoms with E-state index in [0.717, 1.165) is 29.9 Å². The van der Waals surface area contributed by atoms with Crippen LogP contribution in [-0.2, 0) is 11.2 Å². The van der Waals surface area contributed by atoms with E-state index in [1.165, 1.54) is 11.3 Å². The van der Waals surface area contributed by atoms with Crippen LogP contribution >= 0.6 is 0 Å². The number of nitrogens with one attached hydrogen (secondary N) is 1. The summed E-state index contributed by atoms with van der Waals surface area (Å²) in [6.07, 6.45) is 0.400. The van der Waals surface area contributed by atoms with E-state index in [-0.39, 0.29) is 5.91 Å². The topological polar surface area (TPSA) is 32.3 Å². The minimum absolute atomic E-state index is 0.0209. The number of hydrogen-bond donors (Lipinski definition) is 1. The van der Waals surface area contributed by atoms with Crippen LogP contribution in [0.5, 0.6) is 0 Å². The van der Waals surface area contributed by atoms with E-state index in [9.17, 15) is 4.79 Å². The summed E-state index contributed by atoms with van der Waals surface area (Å²) in [5.74, 6) is 0.0209. The third kappa shape index (κ3) is 4.59. The van der Waals surface area contributed by atoms with Gasteiger partial charge in [-0.25, -0.2) is 0 Å². The van der Waals surface area contributed by atoms with Crippen molar-refractivity contribution in [1.29, 1.82) is 0 Å². The second-order valence-electron chi connectivity index (χ2n) is 5.88. The highest BCUT2D eigenvalue weighted by Crippen LogP contribution is 2.22. The number of carbonyl (C=O) groups excluding carboxylic acids is 1. The molecule has 0 spiro atoms. The molecule has 0 atom stereocenters. The number of benzene rings is 2. The number of hydrogen-bond acceptors (Lipinski definition) is 2. The lowest BCUT2D eigenvalue weighted by atomic mass is 10.1. The number of carbonyl (C=O) groups is 1. The minimum atomic E-state index is 0.0209. The van der Waals surface area contributed by atoms with Crippen LogP contribution in [0.25, 0.3) is 0 Å². The van der Waals surface area contributed by atoms with Gasteiger partial charge in [0.1, 0.15) is 0 Å². The quantitative estimate of drug-likeness (QED) is 0.861. The summed E-state index contributed by atoms with van der Waals surface area (Å²) in [5.41, 5.74) is 5.41. The van der Waals surface area contributed by atoms with E-state index in [1.54, 1.807) is 0 Å². The largest absolute Gasteiger partial charge is 0.372 e. The van der Waals surface area contributed by atoms with Crippen LogP contribution in [-0.4, -0.2) is 19.0 Å². The molecule has 0 aromatic heterocycles. The predicted molar refractivity (Wildman–Crippen MR) is 98.3 cm³/mol. The van der Waals surface area contributed by atoms with Gasteiger partial charge >= 0.3 is 0 Å². The molecular formula is C20H26N2O. The zero-order valence-electron chi connectivity index (χ0n) is 14.5. The lowest BCUT2D eigenvalue weighted by molar-refractivity contribution is -0.115. The molecule has 0 heterocycles. The highest BCUT2D eigenvalue weighted by molar-refractivity contribution is 5.93. The van der Waals surface area contributed by atoms with Crippen molar-refractivity contribution in [2.24, 2.45) is 0 Å². The molecule has 0 aliphatic heterocycles. The van der Waals surface area contributed by atoms with Crippen LogP contribution in [0.15, 0.2) is 42.5 Å². The molecule has 3 heteroatoms. The van der Waals surface area contributed by atoms with Crippen molar-refractivity contribution in [3.05, 3.63) is 59.2 Å². The van der Waals surface area contributed by atoms with Gasteiger partial charge in [0, 0.05) is 24.5 Å². The Labute approximate surface area is 139 Å². The molecular weight excluding hydrogens is 284 g/mol. The highest BCUT2D eigenvalue weighted by atomic mass is 16.1. The average Bonchev–Trinajstić information content (AvgIpc) is 2.53. The summed E-state index contributed by atoms with van der Waals surface area (Å²) < 4.78 is 0. The number of aryl methyl sites for hydroxylation is 2. The first-order chi connectivity index (χ1) is 11.0. The van der Waals surface area contributed by atoms with Gasteiger partial charge in [-0.05, 0) is 57.0 Å². The molecule has 2 aromatic carbocycles. The SMILES string of the molecule is CCN(CC)c1ccc(NC(=O)Cc2ccc(C)cc2)c(C)c1. The van der Waals surface area contributed by atoms with Gasteiger partial charge in [0.05, 0.1) is 6.42 Å². The second-order valence-corrected chi connectivity index (χ2v) is 5.88. The van der Waals surface area contributed by atoms with Crippen molar-refractivity contribution in [1.82, 2.24) is 0 Å². The predicted octanol–water partition coefficient (Wildman–Crippen LogP) is 4.33. The fourth-order valence-corrected chi connectivity index (χ4v) is 2.66. The van der Waals surface area contributed by atoms with Crippen LogP contribution < -0.4 is 10.2 Å². The normalized spacial score (nSPS) is 10.4. The standard InChI is InChI=1S/C20H26N2O/c1-5-22(6-2)18-11-12-19(16(4)13-18)21-20(23)14-17-9-7-15(3)8-10-17/h7-13H,5-6,14H2,1-4H3,(H,21,23). The molecule has 2 aromatic rings. The zero-order valence-corrected chi connectivity index (χ0v) is 14.5. The van der Waals surface area contributed by atoms with E-state index >= 15 is 0 Å². The lowest BCUT2D eigenvalue weighted by Crippen LogP contribution is -2.22. The van der Waals surface area contributed by atoms with Crippen molar-refractivity contribution in [3.8, 4) is 0 Å². The fraction of sp³-hybridized carbons (Fsp3) is 0.350. The van der Waals surface area contributed by atoms with Gasteiger partial charge in [-0.1, -0.05) is 29.8 Å². The monoisotopic (exact) mass is 310 g/mol. The summed E-state index contributed by atoms with van der Waals surface area (Å²) in [7, 11) is 0. The molecule has 0 saturated heterocycles. The van der Waals surface area contributed by atoms with Gasteiger partial charge < -0.3 is 10.2 Å². The summed E-state index contributed by atoms with van der Waals surface area (Å²) in [4.78, 5) is 14.5. The summed E-state index contributed by atoms with van der Waals surface area (Å²) in [6, 6.07) is 14.3. The van der Waals surface area contributed by atoms with E-state index in [0.29, 0.717) is 6.42 Å². The van der Waals surface area contributed by atoms with E-state index in [4.69, 9.17) is 0 Å². The number of nitrogens with zero attached hydrogens (tertiary/aromatic N) is 1. The molecule has 0 aliphatic rings. The van der Waals surface area contributed by atoms with Crippen molar-refractivity contribution in [2.75, 3.05) is 23.3 Å². The van der Waals surface area contributed by atoms with Gasteiger partial charge in [-0.3, -0.25) is 4.79 Å². The molecule has 1 amide bonds. The van der Waals surface area contributed by atoms with E-state index in [2.05, 4.69) is 36.2 Å². The van der Waals surface area contributed by atoms with Crippen molar-refractivity contribution >= 4 is 17.3 Å². The van der Waals surface area contributed by atoms with Gasteiger partial charge in [0.25, 0.3) is 0 Å². The molecule has 0 unspecified atom stereocenters. The molecule has 0 saturated carbocycles. The Kier molecular flexibility index (Phi) is 5.80. The molecule has 0 radical (unpaired) electrons. The van der Waals surface area contributed by atoms with Gasteiger partial charge in [0.15, 0.2) is 0 Å². The first kappa shape index (κ1) is 17.1. The van der Waals surface area contributed by atoms with Crippen molar-refractivity contribution < 1.29 is 4.79 Å². The molecule has 1 N–H and O–H groups in total. The van der Waals surface area contributed by atoms with Gasteiger partial charge in [-0.2, -0.15) is 0 Å². The summed E-state index contributed by atoms with van der Waals surface area (Å²) >= 11 is 0. The maximum atomic E-state index is 12.2. The summed E-state index contributed by atoms with van der Waals surface area (Å²) in [5, 5.41) is 3.02. The van der Waals surface area contributed by atoms with Crippen LogP contribution in [0.1, 0.15) is 30.5 Å². The first-order valence-corrected chi connectivity index (χ1v) is 8.24. The Morgan fingerprint density at radius 2 is 1.65 bits per heavy atom. The molecule has 23 heavy (non-hydrogen) atoms. The van der Waals surface area contributed by atoms with Crippen LogP contribution in [0.4, 0.5) is 11.4 Å².